The van der Waals surface area contributed by atoms with E-state index in [2.05, 4.69) is 20.9 Å². The predicted molar refractivity (Wildman–Crippen MR) is 62.2 cm³/mol. The van der Waals surface area contributed by atoms with Crippen molar-refractivity contribution >= 4 is 21.8 Å². The molecule has 0 unspecified atom stereocenters. The Balaban J connectivity index is 2.07. The van der Waals surface area contributed by atoms with Crippen LogP contribution in [0.25, 0.3) is 0 Å². The number of hydrogen-bond donors (Lipinski definition) is 0. The summed E-state index contributed by atoms with van der Waals surface area (Å²) in [6.07, 6.45) is 3.36. The van der Waals surface area contributed by atoms with Crippen molar-refractivity contribution in [1.29, 1.82) is 0 Å². The summed E-state index contributed by atoms with van der Waals surface area (Å²) >= 11 is 3.42. The fraction of sp³-hybridized carbons (Fsp3) is 0.455. The van der Waals surface area contributed by atoms with E-state index < -0.39 is 0 Å². The Kier molecular flexibility index (Phi) is 3.05. The molecule has 15 heavy (non-hydrogen) atoms. The lowest BCUT2D eigenvalue weighted by Crippen LogP contribution is -2.50. The van der Waals surface area contributed by atoms with Gasteiger partial charge in [-0.3, -0.25) is 9.78 Å². The minimum Gasteiger partial charge on any atom is -0.338 e. The monoisotopic (exact) mass is 268 g/mol. The summed E-state index contributed by atoms with van der Waals surface area (Å²) in [5.41, 5.74) is 1.72. The van der Waals surface area contributed by atoms with Crippen molar-refractivity contribution < 1.29 is 4.79 Å². The third-order valence-corrected chi connectivity index (χ3v) is 3.65. The maximum atomic E-state index is 12.0. The zero-order valence-corrected chi connectivity index (χ0v) is 10.2. The first-order valence-corrected chi connectivity index (χ1v) is 6.10. The first-order valence-electron chi connectivity index (χ1n) is 4.98. The Morgan fingerprint density at radius 1 is 1.67 bits per heavy atom. The highest BCUT2D eigenvalue weighted by atomic mass is 79.9. The number of amides is 1. The first kappa shape index (κ1) is 10.6. The molecule has 1 aliphatic rings. The molecule has 1 fully saturated rings. The molecule has 2 heterocycles. The van der Waals surface area contributed by atoms with Gasteiger partial charge in [0.25, 0.3) is 5.91 Å². The van der Waals surface area contributed by atoms with Crippen molar-refractivity contribution in [2.45, 2.75) is 6.92 Å². The van der Waals surface area contributed by atoms with Crippen molar-refractivity contribution in [2.75, 3.05) is 18.4 Å². The highest BCUT2D eigenvalue weighted by Gasteiger charge is 2.30. The number of likely N-dealkylation sites (tertiary alicyclic amines) is 1. The Morgan fingerprint density at radius 3 is 3.00 bits per heavy atom. The Bertz CT molecular complexity index is 375. The van der Waals surface area contributed by atoms with Crippen LogP contribution < -0.4 is 0 Å². The average molecular weight is 269 g/mol. The largest absolute Gasteiger partial charge is 0.338 e. The molecule has 1 saturated heterocycles. The number of pyridine rings is 1. The number of carbonyl (C=O) groups is 1. The molecular weight excluding hydrogens is 256 g/mol. The highest BCUT2D eigenvalue weighted by Crippen LogP contribution is 2.20. The van der Waals surface area contributed by atoms with Crippen LogP contribution in [-0.2, 0) is 0 Å². The van der Waals surface area contributed by atoms with Gasteiger partial charge >= 0.3 is 0 Å². The van der Waals surface area contributed by atoms with Gasteiger partial charge in [-0.05, 0) is 18.6 Å². The van der Waals surface area contributed by atoms with E-state index >= 15 is 0 Å². The molecule has 0 saturated carbocycles. The molecular formula is C11H13BrN2O. The van der Waals surface area contributed by atoms with E-state index in [-0.39, 0.29) is 5.91 Å². The molecule has 0 atom stereocenters. The number of halogens is 1. The van der Waals surface area contributed by atoms with Gasteiger partial charge < -0.3 is 4.90 Å². The Labute approximate surface area is 97.6 Å². The average Bonchev–Trinajstić information content (AvgIpc) is 2.16. The van der Waals surface area contributed by atoms with Gasteiger partial charge in [0.1, 0.15) is 0 Å². The van der Waals surface area contributed by atoms with Crippen LogP contribution in [0.1, 0.15) is 15.9 Å². The fourth-order valence-electron chi connectivity index (χ4n) is 1.69. The third-order valence-electron chi connectivity index (χ3n) is 2.73. The molecule has 0 aliphatic carbocycles. The maximum Gasteiger partial charge on any atom is 0.255 e. The van der Waals surface area contributed by atoms with Gasteiger partial charge in [0.05, 0.1) is 5.56 Å². The van der Waals surface area contributed by atoms with Gasteiger partial charge in [-0.1, -0.05) is 15.9 Å². The van der Waals surface area contributed by atoms with E-state index in [1.54, 1.807) is 12.4 Å². The quantitative estimate of drug-likeness (QED) is 0.768. The minimum atomic E-state index is 0.109. The molecule has 1 aromatic rings. The Hall–Kier alpha value is -0.900. The predicted octanol–water partition coefficient (Wildman–Crippen LogP) is 1.86. The van der Waals surface area contributed by atoms with Crippen molar-refractivity contribution in [1.82, 2.24) is 9.88 Å². The molecule has 4 heteroatoms. The van der Waals surface area contributed by atoms with E-state index in [4.69, 9.17) is 0 Å². The topological polar surface area (TPSA) is 33.2 Å². The van der Waals surface area contributed by atoms with Gasteiger partial charge in [0.15, 0.2) is 0 Å². The van der Waals surface area contributed by atoms with E-state index in [9.17, 15) is 4.79 Å². The smallest absolute Gasteiger partial charge is 0.255 e. The number of alkyl halides is 1. The van der Waals surface area contributed by atoms with Gasteiger partial charge in [-0.25, -0.2) is 0 Å². The van der Waals surface area contributed by atoms with E-state index in [1.165, 1.54) is 0 Å². The second-order valence-corrected chi connectivity index (χ2v) is 4.57. The lowest BCUT2D eigenvalue weighted by molar-refractivity contribution is 0.0538. The zero-order valence-electron chi connectivity index (χ0n) is 8.61. The fourth-order valence-corrected chi connectivity index (χ4v) is 2.10. The summed E-state index contributed by atoms with van der Waals surface area (Å²) in [6.45, 7) is 3.66. The van der Waals surface area contributed by atoms with Crippen LogP contribution in [0.5, 0.6) is 0 Å². The number of nitrogens with zero attached hydrogens (tertiary/aromatic N) is 2. The van der Waals surface area contributed by atoms with Crippen molar-refractivity contribution in [3.63, 3.8) is 0 Å². The van der Waals surface area contributed by atoms with Crippen molar-refractivity contribution in [3.05, 3.63) is 29.6 Å². The molecule has 0 N–H and O–H groups in total. The number of aryl methyl sites for hydroxylation is 1. The van der Waals surface area contributed by atoms with Crippen LogP contribution in [0.3, 0.4) is 0 Å². The normalized spacial score (nSPS) is 16.3. The molecule has 0 bridgehead atoms. The molecule has 0 aromatic carbocycles. The molecule has 2 rings (SSSR count). The van der Waals surface area contributed by atoms with Crippen LogP contribution in [0, 0.1) is 12.8 Å². The third kappa shape index (κ3) is 2.04. The van der Waals surface area contributed by atoms with Gasteiger partial charge in [-0.2, -0.15) is 0 Å². The Morgan fingerprint density at radius 2 is 2.40 bits per heavy atom. The molecule has 1 aliphatic heterocycles. The molecule has 1 aromatic heterocycles. The van der Waals surface area contributed by atoms with Gasteiger partial charge in [0, 0.05) is 36.7 Å². The lowest BCUT2D eigenvalue weighted by atomic mass is 10.0. The van der Waals surface area contributed by atoms with Crippen LogP contribution in [0.4, 0.5) is 0 Å². The molecule has 1 amide bonds. The SMILES string of the molecule is Cc1ccncc1C(=O)N1CC(CBr)C1. The van der Waals surface area contributed by atoms with E-state index in [0.29, 0.717) is 5.92 Å². The first-order chi connectivity index (χ1) is 7.22. The van der Waals surface area contributed by atoms with Gasteiger partial charge in [0.2, 0.25) is 0 Å². The standard InChI is InChI=1S/C11H13BrN2O/c1-8-2-3-13-5-10(8)11(15)14-6-9(4-12)7-14/h2-3,5,9H,4,6-7H2,1H3. The number of rotatable bonds is 2. The highest BCUT2D eigenvalue weighted by molar-refractivity contribution is 9.09. The molecule has 0 spiro atoms. The number of aromatic nitrogens is 1. The maximum absolute atomic E-state index is 12.0. The zero-order chi connectivity index (χ0) is 10.8. The van der Waals surface area contributed by atoms with E-state index in [0.717, 1.165) is 29.5 Å². The van der Waals surface area contributed by atoms with E-state index in [1.807, 2.05) is 17.9 Å². The van der Waals surface area contributed by atoms with Crippen LogP contribution >= 0.6 is 15.9 Å². The second kappa shape index (κ2) is 4.31. The molecule has 80 valence electrons. The van der Waals surface area contributed by atoms with Crippen LogP contribution in [0.2, 0.25) is 0 Å². The minimum absolute atomic E-state index is 0.109. The molecule has 3 nitrogen and oxygen atoms in total. The second-order valence-electron chi connectivity index (χ2n) is 3.92. The molecule has 0 radical (unpaired) electrons. The summed E-state index contributed by atoms with van der Waals surface area (Å²) in [5, 5.41) is 0.975. The van der Waals surface area contributed by atoms with Crippen LogP contribution in [-0.4, -0.2) is 34.2 Å². The number of hydrogen-bond acceptors (Lipinski definition) is 2. The summed E-state index contributed by atoms with van der Waals surface area (Å²) in [5.74, 6) is 0.726. The summed E-state index contributed by atoms with van der Waals surface area (Å²) in [7, 11) is 0. The van der Waals surface area contributed by atoms with Gasteiger partial charge in [-0.15, -0.1) is 0 Å². The summed E-state index contributed by atoms with van der Waals surface area (Å²) < 4.78 is 0. The lowest BCUT2D eigenvalue weighted by Gasteiger charge is -2.38. The summed E-state index contributed by atoms with van der Waals surface area (Å²) in [6, 6.07) is 1.87. The summed E-state index contributed by atoms with van der Waals surface area (Å²) in [4.78, 5) is 17.8. The van der Waals surface area contributed by atoms with Crippen molar-refractivity contribution in [2.24, 2.45) is 5.92 Å². The number of carbonyl (C=O) groups excluding carboxylic acids is 1. The van der Waals surface area contributed by atoms with Crippen molar-refractivity contribution in [3.8, 4) is 0 Å². The van der Waals surface area contributed by atoms with Crippen LogP contribution in [0.15, 0.2) is 18.5 Å².